The van der Waals surface area contributed by atoms with Gasteiger partial charge in [0.05, 0.1) is 31.7 Å². The van der Waals surface area contributed by atoms with Gasteiger partial charge in [0, 0.05) is 30.9 Å². The molecule has 7 nitrogen and oxygen atoms in total. The molecule has 2 aromatic rings. The molecule has 2 saturated heterocycles. The van der Waals surface area contributed by atoms with Crippen molar-refractivity contribution in [2.24, 2.45) is 0 Å². The third-order valence-corrected chi connectivity index (χ3v) is 5.72. The lowest BCUT2D eigenvalue weighted by atomic mass is 10.00. The van der Waals surface area contributed by atoms with Gasteiger partial charge in [0.2, 0.25) is 5.91 Å². The minimum Gasteiger partial charge on any atom is -0.378 e. The Bertz CT molecular complexity index is 912. The molecule has 1 N–H and O–H groups in total. The van der Waals surface area contributed by atoms with Crippen molar-refractivity contribution in [2.45, 2.75) is 32.4 Å². The van der Waals surface area contributed by atoms with Crippen LogP contribution in [-0.2, 0) is 16.0 Å². The zero-order chi connectivity index (χ0) is 19.7. The van der Waals surface area contributed by atoms with E-state index >= 15 is 0 Å². The summed E-state index contributed by atoms with van der Waals surface area (Å²) in [6.45, 7) is 6.92. The van der Waals surface area contributed by atoms with E-state index < -0.39 is 0 Å². The molecular weight excluding hydrogens is 356 g/mol. The number of nitrogens with zero attached hydrogens (tertiary/aromatic N) is 3. The first-order valence-electron chi connectivity index (χ1n) is 9.75. The van der Waals surface area contributed by atoms with Gasteiger partial charge in [-0.3, -0.25) is 14.5 Å². The first-order chi connectivity index (χ1) is 13.5. The third kappa shape index (κ3) is 3.72. The van der Waals surface area contributed by atoms with Crippen molar-refractivity contribution in [3.8, 4) is 0 Å². The maximum Gasteiger partial charge on any atom is 0.254 e. The van der Waals surface area contributed by atoms with E-state index in [0.717, 1.165) is 6.54 Å². The molecule has 7 heteroatoms. The van der Waals surface area contributed by atoms with Crippen LogP contribution in [0.25, 0.3) is 0 Å². The average molecular weight is 382 g/mol. The maximum absolute atomic E-state index is 12.9. The van der Waals surface area contributed by atoms with E-state index in [2.05, 4.69) is 27.0 Å². The van der Waals surface area contributed by atoms with Gasteiger partial charge in [-0.05, 0) is 19.4 Å². The van der Waals surface area contributed by atoms with Crippen LogP contribution in [0, 0.1) is 13.8 Å². The quantitative estimate of drug-likeness (QED) is 0.863. The Kier molecular flexibility index (Phi) is 5.28. The molecule has 28 heavy (non-hydrogen) atoms. The Morgan fingerprint density at radius 3 is 2.75 bits per heavy atom. The van der Waals surface area contributed by atoms with Crippen LogP contribution >= 0.6 is 0 Å². The zero-order valence-corrected chi connectivity index (χ0v) is 16.4. The highest BCUT2D eigenvalue weighted by molar-refractivity contribution is 5.79. The summed E-state index contributed by atoms with van der Waals surface area (Å²) in [6.07, 6.45) is 0.0874. The highest BCUT2D eigenvalue weighted by Gasteiger charge is 2.37. The lowest BCUT2D eigenvalue weighted by Gasteiger charge is -2.48. The van der Waals surface area contributed by atoms with Crippen molar-refractivity contribution in [2.75, 3.05) is 32.8 Å². The third-order valence-electron chi connectivity index (χ3n) is 5.72. The van der Waals surface area contributed by atoms with E-state index in [1.54, 1.807) is 13.8 Å². The summed E-state index contributed by atoms with van der Waals surface area (Å²) in [5, 5.41) is 0. The number of fused-ring (bicyclic) bond motifs is 1. The number of hydrogen-bond acceptors (Lipinski definition) is 5. The molecular formula is C21H26N4O3. The van der Waals surface area contributed by atoms with E-state index in [1.165, 1.54) is 5.56 Å². The minimum absolute atomic E-state index is 0.0271. The highest BCUT2D eigenvalue weighted by Crippen LogP contribution is 2.29. The number of carbonyl (C=O) groups excluding carboxylic acids is 1. The first kappa shape index (κ1) is 18.8. The summed E-state index contributed by atoms with van der Waals surface area (Å²) in [7, 11) is 0. The molecule has 1 aromatic carbocycles. The fourth-order valence-corrected chi connectivity index (χ4v) is 4.25. The lowest BCUT2D eigenvalue weighted by molar-refractivity contribution is -0.139. The molecule has 2 aliphatic rings. The number of benzene rings is 1. The Hall–Kier alpha value is -2.51. The standard InChI is InChI=1S/C21H26N4O3/c1-14-18(21(27)23-15(2)22-14)10-20(26)24-8-9-25-17(11-24)12-28-13-19(25)16-6-4-3-5-7-16/h3-7,17,19H,8-13H2,1-2H3,(H,22,23,27)/t17-,19-/m1/s1. The SMILES string of the molecule is Cc1nc(C)c(CC(=O)N2CCN3[C@@H](COC[C@@H]3c3ccccc3)C2)c(=O)[nH]1. The van der Waals surface area contributed by atoms with E-state index in [0.29, 0.717) is 43.4 Å². The summed E-state index contributed by atoms with van der Waals surface area (Å²) < 4.78 is 5.86. The number of amides is 1. The monoisotopic (exact) mass is 382 g/mol. The van der Waals surface area contributed by atoms with Crippen LogP contribution in [0.4, 0.5) is 0 Å². The second kappa shape index (κ2) is 7.85. The second-order valence-electron chi connectivity index (χ2n) is 7.59. The molecule has 1 aromatic heterocycles. The van der Waals surface area contributed by atoms with Crippen LogP contribution in [-0.4, -0.2) is 64.6 Å². The van der Waals surface area contributed by atoms with E-state index in [1.807, 2.05) is 23.1 Å². The normalized spacial score (nSPS) is 22.7. The molecule has 0 aliphatic carbocycles. The molecule has 3 heterocycles. The molecule has 0 bridgehead atoms. The molecule has 0 spiro atoms. The van der Waals surface area contributed by atoms with Crippen LogP contribution in [0.3, 0.4) is 0 Å². The van der Waals surface area contributed by atoms with Crippen molar-refractivity contribution in [3.05, 3.63) is 63.3 Å². The van der Waals surface area contributed by atoms with Crippen LogP contribution in [0.1, 0.15) is 28.7 Å². The number of aryl methyl sites for hydroxylation is 2. The zero-order valence-electron chi connectivity index (χ0n) is 16.4. The number of ether oxygens (including phenoxy) is 1. The molecule has 2 aliphatic heterocycles. The summed E-state index contributed by atoms with van der Waals surface area (Å²) >= 11 is 0. The van der Waals surface area contributed by atoms with Gasteiger partial charge in [-0.1, -0.05) is 30.3 Å². The van der Waals surface area contributed by atoms with Gasteiger partial charge in [0.1, 0.15) is 5.82 Å². The Labute approximate surface area is 164 Å². The molecule has 0 unspecified atom stereocenters. The molecule has 2 fully saturated rings. The smallest absolute Gasteiger partial charge is 0.254 e. The van der Waals surface area contributed by atoms with Crippen LogP contribution in [0.15, 0.2) is 35.1 Å². The number of aromatic amines is 1. The summed E-state index contributed by atoms with van der Waals surface area (Å²) in [4.78, 5) is 36.4. The number of H-pyrrole nitrogens is 1. The molecule has 148 valence electrons. The molecule has 0 radical (unpaired) electrons. The molecule has 1 amide bonds. The van der Waals surface area contributed by atoms with Gasteiger partial charge in [0.15, 0.2) is 0 Å². The highest BCUT2D eigenvalue weighted by atomic mass is 16.5. The van der Waals surface area contributed by atoms with Crippen LogP contribution in [0.2, 0.25) is 0 Å². The molecule has 2 atom stereocenters. The fraction of sp³-hybridized carbons (Fsp3) is 0.476. The summed E-state index contributed by atoms with van der Waals surface area (Å²) in [5.41, 5.74) is 2.11. The Morgan fingerprint density at radius 2 is 2.00 bits per heavy atom. The van der Waals surface area contributed by atoms with Crippen molar-refractivity contribution >= 4 is 5.91 Å². The topological polar surface area (TPSA) is 78.5 Å². The van der Waals surface area contributed by atoms with Gasteiger partial charge in [0.25, 0.3) is 5.56 Å². The Balaban J connectivity index is 1.45. The number of aromatic nitrogens is 2. The van der Waals surface area contributed by atoms with Crippen molar-refractivity contribution in [3.63, 3.8) is 0 Å². The predicted octanol–water partition coefficient (Wildman–Crippen LogP) is 1.21. The lowest BCUT2D eigenvalue weighted by Crippen LogP contribution is -2.60. The van der Waals surface area contributed by atoms with Gasteiger partial charge in [-0.25, -0.2) is 4.98 Å². The average Bonchev–Trinajstić information content (AvgIpc) is 2.70. The van der Waals surface area contributed by atoms with E-state index in [4.69, 9.17) is 4.74 Å². The molecule has 0 saturated carbocycles. The van der Waals surface area contributed by atoms with Crippen molar-refractivity contribution in [1.82, 2.24) is 19.8 Å². The fourth-order valence-electron chi connectivity index (χ4n) is 4.25. The number of morpholine rings is 1. The summed E-state index contributed by atoms with van der Waals surface area (Å²) in [6, 6.07) is 10.8. The molecule has 4 rings (SSSR count). The first-order valence-corrected chi connectivity index (χ1v) is 9.75. The van der Waals surface area contributed by atoms with Crippen molar-refractivity contribution < 1.29 is 9.53 Å². The van der Waals surface area contributed by atoms with E-state index in [-0.39, 0.29) is 30.0 Å². The van der Waals surface area contributed by atoms with Gasteiger partial charge >= 0.3 is 0 Å². The number of carbonyl (C=O) groups is 1. The summed E-state index contributed by atoms with van der Waals surface area (Å²) in [5.74, 6) is 0.541. The largest absolute Gasteiger partial charge is 0.378 e. The van der Waals surface area contributed by atoms with Gasteiger partial charge < -0.3 is 14.6 Å². The number of nitrogens with one attached hydrogen (secondary N) is 1. The van der Waals surface area contributed by atoms with E-state index in [9.17, 15) is 9.59 Å². The second-order valence-corrected chi connectivity index (χ2v) is 7.59. The van der Waals surface area contributed by atoms with Crippen molar-refractivity contribution in [1.29, 1.82) is 0 Å². The number of hydrogen-bond donors (Lipinski definition) is 1. The minimum atomic E-state index is -0.220. The Morgan fingerprint density at radius 1 is 1.21 bits per heavy atom. The maximum atomic E-state index is 12.9. The van der Waals surface area contributed by atoms with Gasteiger partial charge in [-0.15, -0.1) is 0 Å². The predicted molar refractivity (Wildman–Crippen MR) is 105 cm³/mol. The number of rotatable bonds is 3. The van der Waals surface area contributed by atoms with Crippen LogP contribution < -0.4 is 5.56 Å². The van der Waals surface area contributed by atoms with Crippen LogP contribution in [0.5, 0.6) is 0 Å². The van der Waals surface area contributed by atoms with Gasteiger partial charge in [-0.2, -0.15) is 0 Å². The number of piperazine rings is 1.